The molecule has 0 spiro atoms. The van der Waals surface area contributed by atoms with Crippen molar-refractivity contribution in [2.45, 2.75) is 6.42 Å². The van der Waals surface area contributed by atoms with E-state index in [4.69, 9.17) is 33.9 Å². The fourth-order valence-corrected chi connectivity index (χ4v) is 4.54. The minimum absolute atomic E-state index is 0.266. The lowest BCUT2D eigenvalue weighted by Gasteiger charge is -2.35. The van der Waals surface area contributed by atoms with Crippen LogP contribution in [0.25, 0.3) is 28.2 Å². The van der Waals surface area contributed by atoms with Gasteiger partial charge in [0.2, 0.25) is 11.8 Å². The van der Waals surface area contributed by atoms with E-state index in [1.54, 1.807) is 4.90 Å². The summed E-state index contributed by atoms with van der Waals surface area (Å²) in [4.78, 5) is 41.1. The maximum Gasteiger partial charge on any atom is 0.232 e. The van der Waals surface area contributed by atoms with E-state index in [9.17, 15) is 9.59 Å². The average molecular weight is 510 g/mol. The largest absolute Gasteiger partial charge is 0.369 e. The van der Waals surface area contributed by atoms with Crippen LogP contribution in [-0.2, 0) is 9.59 Å². The summed E-state index contributed by atoms with van der Waals surface area (Å²) < 4.78 is 1.94. The van der Waals surface area contributed by atoms with Crippen LogP contribution < -0.4 is 10.6 Å². The second kappa shape index (κ2) is 9.52. The smallest absolute Gasteiger partial charge is 0.232 e. The Kier molecular flexibility index (Phi) is 6.27. The summed E-state index contributed by atoms with van der Waals surface area (Å²) in [7, 11) is 0. The van der Waals surface area contributed by atoms with Crippen molar-refractivity contribution in [3.63, 3.8) is 0 Å². The monoisotopic (exact) mass is 509 g/mol. The van der Waals surface area contributed by atoms with Crippen LogP contribution in [0.5, 0.6) is 0 Å². The highest BCUT2D eigenvalue weighted by Gasteiger charge is 2.27. The number of primary amides is 1. The topological polar surface area (TPSA) is 110 Å². The molecule has 2 aromatic carbocycles. The van der Waals surface area contributed by atoms with Gasteiger partial charge in [0.05, 0.1) is 5.02 Å². The van der Waals surface area contributed by atoms with Gasteiger partial charge in [0.15, 0.2) is 17.0 Å². The van der Waals surface area contributed by atoms with E-state index < -0.39 is 5.91 Å². The molecule has 3 heterocycles. The summed E-state index contributed by atoms with van der Waals surface area (Å²) in [6.45, 7) is 1.97. The van der Waals surface area contributed by atoms with Gasteiger partial charge >= 0.3 is 0 Å². The van der Waals surface area contributed by atoms with Crippen molar-refractivity contribution in [1.29, 1.82) is 0 Å². The highest BCUT2D eigenvalue weighted by molar-refractivity contribution is 6.33. The molecule has 2 amide bonds. The molecular formula is C24H21Cl2N7O2. The van der Waals surface area contributed by atoms with Crippen LogP contribution >= 0.6 is 23.2 Å². The van der Waals surface area contributed by atoms with Gasteiger partial charge in [0.25, 0.3) is 0 Å². The number of piperazine rings is 1. The van der Waals surface area contributed by atoms with Crippen LogP contribution in [0.4, 0.5) is 5.82 Å². The van der Waals surface area contributed by atoms with Gasteiger partial charge in [-0.15, -0.1) is 0 Å². The molecule has 1 saturated heterocycles. The molecule has 2 aromatic heterocycles. The normalized spacial score (nSPS) is 13.9. The van der Waals surface area contributed by atoms with Crippen LogP contribution in [0.3, 0.4) is 0 Å². The Morgan fingerprint density at radius 2 is 1.66 bits per heavy atom. The van der Waals surface area contributed by atoms with Gasteiger partial charge in [-0.25, -0.2) is 15.0 Å². The summed E-state index contributed by atoms with van der Waals surface area (Å²) in [5.41, 5.74) is 8.01. The van der Waals surface area contributed by atoms with Crippen LogP contribution in [0.15, 0.2) is 54.9 Å². The zero-order chi connectivity index (χ0) is 24.5. The first kappa shape index (κ1) is 23.1. The molecule has 0 bridgehead atoms. The average Bonchev–Trinajstić information content (AvgIpc) is 3.24. The molecule has 0 saturated carbocycles. The molecule has 0 atom stereocenters. The van der Waals surface area contributed by atoms with Gasteiger partial charge in [-0.05, 0) is 36.4 Å². The van der Waals surface area contributed by atoms with Gasteiger partial charge in [0, 0.05) is 42.5 Å². The third-order valence-electron chi connectivity index (χ3n) is 5.88. The predicted molar refractivity (Wildman–Crippen MR) is 135 cm³/mol. The van der Waals surface area contributed by atoms with Crippen molar-refractivity contribution >= 4 is 52.0 Å². The van der Waals surface area contributed by atoms with Crippen LogP contribution in [0.2, 0.25) is 10.0 Å². The first-order chi connectivity index (χ1) is 16.9. The molecule has 4 aromatic rings. The Morgan fingerprint density at radius 3 is 2.34 bits per heavy atom. The van der Waals surface area contributed by atoms with E-state index in [0.29, 0.717) is 59.0 Å². The summed E-state index contributed by atoms with van der Waals surface area (Å²) in [5.74, 6) is 0.399. The lowest BCUT2D eigenvalue weighted by molar-refractivity contribution is -0.135. The number of imidazole rings is 1. The predicted octanol–water partition coefficient (Wildman–Crippen LogP) is 3.31. The molecule has 1 aliphatic rings. The molecule has 2 N–H and O–H groups in total. The second-order valence-electron chi connectivity index (χ2n) is 8.11. The molecule has 1 fully saturated rings. The first-order valence-corrected chi connectivity index (χ1v) is 11.7. The Bertz CT molecular complexity index is 1410. The third-order valence-corrected chi connectivity index (χ3v) is 6.46. The van der Waals surface area contributed by atoms with E-state index in [1.807, 2.05) is 53.1 Å². The van der Waals surface area contributed by atoms with Gasteiger partial charge in [0.1, 0.15) is 18.6 Å². The number of anilines is 1. The quantitative estimate of drug-likeness (QED) is 0.413. The zero-order valence-corrected chi connectivity index (χ0v) is 20.1. The molecule has 9 nitrogen and oxygen atoms in total. The Balaban J connectivity index is 1.57. The number of benzene rings is 2. The molecule has 0 unspecified atom stereocenters. The van der Waals surface area contributed by atoms with E-state index in [0.717, 1.165) is 11.3 Å². The fraction of sp³-hybridized carbons (Fsp3) is 0.208. The number of amides is 2. The van der Waals surface area contributed by atoms with Crippen molar-refractivity contribution in [3.05, 3.63) is 64.9 Å². The molecule has 11 heteroatoms. The Labute approximate surface area is 211 Å². The number of rotatable bonds is 5. The molecule has 0 aliphatic carbocycles. The lowest BCUT2D eigenvalue weighted by atomic mass is 10.2. The van der Waals surface area contributed by atoms with Crippen molar-refractivity contribution in [3.8, 4) is 17.1 Å². The minimum atomic E-state index is -0.630. The van der Waals surface area contributed by atoms with Crippen LogP contribution in [0.1, 0.15) is 6.42 Å². The molecule has 5 rings (SSSR count). The number of hydrogen-bond acceptors (Lipinski definition) is 6. The van der Waals surface area contributed by atoms with E-state index in [2.05, 4.69) is 14.9 Å². The van der Waals surface area contributed by atoms with Gasteiger partial charge < -0.3 is 15.5 Å². The number of nitrogens with two attached hydrogens (primary N) is 1. The van der Waals surface area contributed by atoms with E-state index in [-0.39, 0.29) is 12.3 Å². The highest BCUT2D eigenvalue weighted by Crippen LogP contribution is 2.34. The number of aromatic nitrogens is 4. The van der Waals surface area contributed by atoms with Gasteiger partial charge in [-0.2, -0.15) is 0 Å². The third kappa shape index (κ3) is 4.52. The fourth-order valence-electron chi connectivity index (χ4n) is 4.20. The van der Waals surface area contributed by atoms with Crippen LogP contribution in [-0.4, -0.2) is 62.4 Å². The number of fused-ring (bicyclic) bond motifs is 1. The van der Waals surface area contributed by atoms with Gasteiger partial charge in [-0.3, -0.25) is 14.2 Å². The molecule has 0 radical (unpaired) electrons. The summed E-state index contributed by atoms with van der Waals surface area (Å²) in [5, 5.41) is 1.19. The van der Waals surface area contributed by atoms with E-state index in [1.165, 1.54) is 6.33 Å². The lowest BCUT2D eigenvalue weighted by Crippen LogP contribution is -2.49. The SMILES string of the molecule is NC(=O)CC(=O)N1CCN(c2ncnc3c2nc(-c2ccccc2Cl)n3-c2ccc(Cl)cc2)CC1. The number of carbonyl (C=O) groups excluding carboxylic acids is 2. The minimum Gasteiger partial charge on any atom is -0.369 e. The highest BCUT2D eigenvalue weighted by atomic mass is 35.5. The number of hydrogen-bond donors (Lipinski definition) is 1. The molecule has 1 aliphatic heterocycles. The molecular weight excluding hydrogens is 489 g/mol. The number of carbonyl (C=O) groups is 2. The zero-order valence-electron chi connectivity index (χ0n) is 18.6. The number of halogens is 2. The van der Waals surface area contributed by atoms with Gasteiger partial charge in [-0.1, -0.05) is 35.3 Å². The first-order valence-electron chi connectivity index (χ1n) is 11.0. The standard InChI is InChI=1S/C24H21Cl2N7O2/c25-15-5-7-16(8-6-15)33-22(17-3-1-2-4-18(17)26)30-21-23(28-14-29-24(21)33)32-11-9-31(10-12-32)20(35)13-19(27)34/h1-8,14H,9-13H2,(H2,27,34). The van der Waals surface area contributed by atoms with Crippen molar-refractivity contribution in [2.24, 2.45) is 5.73 Å². The second-order valence-corrected chi connectivity index (χ2v) is 8.95. The van der Waals surface area contributed by atoms with E-state index >= 15 is 0 Å². The maximum absolute atomic E-state index is 12.2. The van der Waals surface area contributed by atoms with Crippen LogP contribution in [0, 0.1) is 0 Å². The maximum atomic E-state index is 12.2. The summed E-state index contributed by atoms with van der Waals surface area (Å²) >= 11 is 12.7. The van der Waals surface area contributed by atoms with Crippen molar-refractivity contribution in [2.75, 3.05) is 31.1 Å². The van der Waals surface area contributed by atoms with Crippen molar-refractivity contribution in [1.82, 2.24) is 24.4 Å². The molecule has 35 heavy (non-hydrogen) atoms. The Hall–Kier alpha value is -3.69. The Morgan fingerprint density at radius 1 is 0.943 bits per heavy atom. The number of nitrogens with zero attached hydrogens (tertiary/aromatic N) is 6. The summed E-state index contributed by atoms with van der Waals surface area (Å²) in [6, 6.07) is 14.9. The summed E-state index contributed by atoms with van der Waals surface area (Å²) in [6.07, 6.45) is 1.22. The van der Waals surface area contributed by atoms with Crippen molar-refractivity contribution < 1.29 is 9.59 Å². The molecule has 178 valence electrons.